The molecule has 2 aromatic rings. The van der Waals surface area contributed by atoms with Gasteiger partial charge in [-0.15, -0.1) is 0 Å². The average Bonchev–Trinajstić information content (AvgIpc) is 2.57. The Kier molecular flexibility index (Phi) is 5.89. The summed E-state index contributed by atoms with van der Waals surface area (Å²) in [5, 5.41) is 2.68. The van der Waals surface area contributed by atoms with Crippen LogP contribution in [0, 0.1) is 0 Å². The van der Waals surface area contributed by atoms with E-state index in [1.54, 1.807) is 4.90 Å². The molecule has 0 bridgehead atoms. The molecule has 1 aromatic heterocycles. The Labute approximate surface area is 148 Å². The van der Waals surface area contributed by atoms with Crippen LogP contribution in [0.4, 0.5) is 24.5 Å². The summed E-state index contributed by atoms with van der Waals surface area (Å²) < 4.78 is 39.5. The summed E-state index contributed by atoms with van der Waals surface area (Å²) >= 11 is 5.67. The number of carbonyl (C=O) groups is 1. The normalized spacial score (nSPS) is 11.3. The molecule has 1 aromatic carbocycles. The Morgan fingerprint density at radius 2 is 1.88 bits per heavy atom. The van der Waals surface area contributed by atoms with E-state index in [0.717, 1.165) is 6.07 Å². The van der Waals surface area contributed by atoms with Crippen molar-refractivity contribution in [2.75, 3.05) is 18.4 Å². The zero-order valence-electron chi connectivity index (χ0n) is 13.7. The van der Waals surface area contributed by atoms with Gasteiger partial charge in [-0.2, -0.15) is 13.2 Å². The number of hydrogen-bond donors (Lipinski definition) is 1. The molecule has 25 heavy (non-hydrogen) atoms. The fourth-order valence-electron chi connectivity index (χ4n) is 2.31. The van der Waals surface area contributed by atoms with Gasteiger partial charge < -0.3 is 10.2 Å². The lowest BCUT2D eigenvalue weighted by Gasteiger charge is -2.19. The van der Waals surface area contributed by atoms with Gasteiger partial charge in [-0.3, -0.25) is 9.78 Å². The molecule has 0 aliphatic heterocycles. The predicted octanol–water partition coefficient (Wildman–Crippen LogP) is 4.98. The summed E-state index contributed by atoms with van der Waals surface area (Å²) in [4.78, 5) is 17.9. The minimum Gasteiger partial charge on any atom is -0.355 e. The van der Waals surface area contributed by atoms with Gasteiger partial charge in [0.15, 0.2) is 0 Å². The van der Waals surface area contributed by atoms with Crippen molar-refractivity contribution >= 4 is 28.9 Å². The van der Waals surface area contributed by atoms with Crippen LogP contribution in [0.2, 0.25) is 5.02 Å². The van der Waals surface area contributed by atoms with Crippen molar-refractivity contribution in [3.05, 3.63) is 52.8 Å². The number of anilines is 2. The molecular formula is C17H17ClF3N3O. The number of alkyl halides is 3. The van der Waals surface area contributed by atoms with E-state index in [0.29, 0.717) is 18.8 Å². The molecule has 0 radical (unpaired) electrons. The zero-order chi connectivity index (χ0) is 18.6. The Bertz CT molecular complexity index is 761. The van der Waals surface area contributed by atoms with Gasteiger partial charge in [0.25, 0.3) is 5.91 Å². The molecule has 0 atom stereocenters. The Morgan fingerprint density at radius 1 is 1.20 bits per heavy atom. The quantitative estimate of drug-likeness (QED) is 0.806. The minimum absolute atomic E-state index is 0.00926. The first kappa shape index (κ1) is 19.1. The smallest absolute Gasteiger partial charge is 0.355 e. The van der Waals surface area contributed by atoms with Crippen molar-refractivity contribution in [3.63, 3.8) is 0 Å². The Hall–Kier alpha value is -2.28. The topological polar surface area (TPSA) is 45.2 Å². The molecule has 1 amide bonds. The number of benzene rings is 1. The van der Waals surface area contributed by atoms with Crippen molar-refractivity contribution in [2.45, 2.75) is 20.0 Å². The lowest BCUT2D eigenvalue weighted by Crippen LogP contribution is -2.31. The van der Waals surface area contributed by atoms with Crippen molar-refractivity contribution in [1.82, 2.24) is 9.88 Å². The van der Waals surface area contributed by atoms with E-state index in [2.05, 4.69) is 10.3 Å². The second kappa shape index (κ2) is 7.74. The highest BCUT2D eigenvalue weighted by Crippen LogP contribution is 2.37. The van der Waals surface area contributed by atoms with Crippen LogP contribution in [0.3, 0.4) is 0 Å². The van der Waals surface area contributed by atoms with E-state index in [1.807, 2.05) is 13.8 Å². The number of carbonyl (C=O) groups excluding carboxylic acids is 1. The van der Waals surface area contributed by atoms with Gasteiger partial charge in [-0.05, 0) is 44.2 Å². The Morgan fingerprint density at radius 3 is 2.48 bits per heavy atom. The number of nitrogens with one attached hydrogen (secondary N) is 1. The molecule has 8 heteroatoms. The first-order chi connectivity index (χ1) is 11.8. The number of amides is 1. The number of nitrogens with zero attached hydrogens (tertiary/aromatic N) is 2. The molecule has 134 valence electrons. The first-order valence-electron chi connectivity index (χ1n) is 7.65. The van der Waals surface area contributed by atoms with Crippen LogP contribution in [0.25, 0.3) is 0 Å². The SMILES string of the molecule is CCN(CC)C(=O)c1cc(Nc2ccc(Cl)cc2C(F)(F)F)ccn1. The molecule has 2 rings (SSSR count). The van der Waals surface area contributed by atoms with Crippen LogP contribution < -0.4 is 5.32 Å². The second-order valence-corrected chi connectivity index (χ2v) is 5.66. The highest BCUT2D eigenvalue weighted by molar-refractivity contribution is 6.30. The fraction of sp³-hybridized carbons (Fsp3) is 0.294. The van der Waals surface area contributed by atoms with Crippen molar-refractivity contribution in [2.24, 2.45) is 0 Å². The summed E-state index contributed by atoms with van der Waals surface area (Å²) in [6.07, 6.45) is -3.18. The first-order valence-corrected chi connectivity index (χ1v) is 8.03. The van der Waals surface area contributed by atoms with Crippen LogP contribution in [-0.4, -0.2) is 28.9 Å². The maximum Gasteiger partial charge on any atom is 0.418 e. The monoisotopic (exact) mass is 371 g/mol. The maximum atomic E-state index is 13.2. The summed E-state index contributed by atoms with van der Waals surface area (Å²) in [6, 6.07) is 6.38. The average molecular weight is 372 g/mol. The van der Waals surface area contributed by atoms with Crippen LogP contribution >= 0.6 is 11.6 Å². The van der Waals surface area contributed by atoms with Crippen molar-refractivity contribution in [1.29, 1.82) is 0 Å². The standard InChI is InChI=1S/C17H17ClF3N3O/c1-3-24(4-2)16(25)15-10-12(7-8-22-15)23-14-6-5-11(18)9-13(14)17(19,20)21/h5-10H,3-4H2,1-2H3,(H,22,23). The van der Waals surface area contributed by atoms with Crippen molar-refractivity contribution in [3.8, 4) is 0 Å². The van der Waals surface area contributed by atoms with Gasteiger partial charge in [0.05, 0.1) is 11.3 Å². The van der Waals surface area contributed by atoms with E-state index >= 15 is 0 Å². The van der Waals surface area contributed by atoms with Gasteiger partial charge in [0, 0.05) is 30.0 Å². The van der Waals surface area contributed by atoms with Crippen LogP contribution in [0.15, 0.2) is 36.5 Å². The third-order valence-corrected chi connectivity index (χ3v) is 3.83. The molecular weight excluding hydrogens is 355 g/mol. The van der Waals surface area contributed by atoms with Crippen LogP contribution in [0.5, 0.6) is 0 Å². The molecule has 0 unspecified atom stereocenters. The molecule has 0 aliphatic rings. The molecule has 0 saturated carbocycles. The van der Waals surface area contributed by atoms with E-state index in [-0.39, 0.29) is 22.3 Å². The lowest BCUT2D eigenvalue weighted by atomic mass is 10.1. The van der Waals surface area contributed by atoms with Gasteiger partial charge in [0.1, 0.15) is 5.69 Å². The Balaban J connectivity index is 2.34. The van der Waals surface area contributed by atoms with E-state index < -0.39 is 11.7 Å². The lowest BCUT2D eigenvalue weighted by molar-refractivity contribution is -0.136. The number of aromatic nitrogens is 1. The molecule has 4 nitrogen and oxygen atoms in total. The summed E-state index contributed by atoms with van der Waals surface area (Å²) in [6.45, 7) is 4.72. The van der Waals surface area contributed by atoms with E-state index in [1.165, 1.54) is 30.5 Å². The highest BCUT2D eigenvalue weighted by Gasteiger charge is 2.33. The third-order valence-electron chi connectivity index (χ3n) is 3.60. The van der Waals surface area contributed by atoms with Crippen LogP contribution in [-0.2, 0) is 6.18 Å². The van der Waals surface area contributed by atoms with Crippen molar-refractivity contribution < 1.29 is 18.0 Å². The van der Waals surface area contributed by atoms with Gasteiger partial charge in [-0.1, -0.05) is 11.6 Å². The molecule has 0 fully saturated rings. The largest absolute Gasteiger partial charge is 0.418 e. The second-order valence-electron chi connectivity index (χ2n) is 5.22. The number of rotatable bonds is 5. The number of pyridine rings is 1. The van der Waals surface area contributed by atoms with E-state index in [4.69, 9.17) is 11.6 Å². The minimum atomic E-state index is -4.56. The number of hydrogen-bond acceptors (Lipinski definition) is 3. The molecule has 1 N–H and O–H groups in total. The van der Waals surface area contributed by atoms with E-state index in [9.17, 15) is 18.0 Å². The third kappa shape index (κ3) is 4.63. The van der Waals surface area contributed by atoms with Crippen LogP contribution in [0.1, 0.15) is 29.9 Å². The van der Waals surface area contributed by atoms with Gasteiger partial charge >= 0.3 is 6.18 Å². The number of halogens is 4. The highest BCUT2D eigenvalue weighted by atomic mass is 35.5. The molecule has 1 heterocycles. The molecule has 0 spiro atoms. The summed E-state index contributed by atoms with van der Waals surface area (Å²) in [7, 11) is 0. The molecule has 0 aliphatic carbocycles. The molecule has 0 saturated heterocycles. The summed E-state index contributed by atoms with van der Waals surface area (Å²) in [5.41, 5.74) is -0.535. The fourth-order valence-corrected chi connectivity index (χ4v) is 2.49. The maximum absolute atomic E-state index is 13.2. The van der Waals surface area contributed by atoms with Gasteiger partial charge in [0.2, 0.25) is 0 Å². The predicted molar refractivity (Wildman–Crippen MR) is 91.2 cm³/mol. The summed E-state index contributed by atoms with van der Waals surface area (Å²) in [5.74, 6) is -0.277. The zero-order valence-corrected chi connectivity index (χ0v) is 14.4. The van der Waals surface area contributed by atoms with Gasteiger partial charge in [-0.25, -0.2) is 0 Å².